The molecule has 2 aromatic carbocycles. The van der Waals surface area contributed by atoms with Gasteiger partial charge in [-0.05, 0) is 62.0 Å². The molecule has 4 rings (SSSR count). The fourth-order valence-corrected chi connectivity index (χ4v) is 4.78. The zero-order valence-electron chi connectivity index (χ0n) is 17.4. The first-order valence-electron chi connectivity index (χ1n) is 10.8. The van der Waals surface area contributed by atoms with Gasteiger partial charge in [0.25, 0.3) is 5.91 Å². The summed E-state index contributed by atoms with van der Waals surface area (Å²) in [7, 11) is 0. The number of benzene rings is 2. The van der Waals surface area contributed by atoms with Crippen molar-refractivity contribution in [3.63, 3.8) is 0 Å². The quantitative estimate of drug-likeness (QED) is 0.766. The lowest BCUT2D eigenvalue weighted by Crippen LogP contribution is -2.44. The highest BCUT2D eigenvalue weighted by Gasteiger charge is 2.32. The van der Waals surface area contributed by atoms with Gasteiger partial charge in [-0.2, -0.15) is 0 Å². The van der Waals surface area contributed by atoms with Crippen LogP contribution < -0.4 is 5.32 Å². The molecule has 0 aliphatic carbocycles. The fourth-order valence-electron chi connectivity index (χ4n) is 4.63. The number of piperidine rings is 1. The molecular formula is C24H27ClFN3O2. The van der Waals surface area contributed by atoms with E-state index in [-0.39, 0.29) is 23.0 Å². The molecule has 7 heteroatoms. The molecule has 0 aromatic heterocycles. The molecule has 0 bridgehead atoms. The van der Waals surface area contributed by atoms with E-state index in [1.165, 1.54) is 17.7 Å². The predicted molar refractivity (Wildman–Crippen MR) is 119 cm³/mol. The fraction of sp³-hybridized carbons (Fsp3) is 0.417. The van der Waals surface area contributed by atoms with E-state index in [4.69, 9.17) is 11.6 Å². The molecule has 2 fully saturated rings. The third-order valence-electron chi connectivity index (χ3n) is 6.41. The molecule has 0 saturated carbocycles. The molecule has 2 aromatic rings. The van der Waals surface area contributed by atoms with Crippen molar-refractivity contribution < 1.29 is 14.0 Å². The number of nitrogens with one attached hydrogen (secondary N) is 1. The maximum Gasteiger partial charge on any atom is 0.254 e. The summed E-state index contributed by atoms with van der Waals surface area (Å²) < 4.78 is 13.9. The van der Waals surface area contributed by atoms with Gasteiger partial charge in [-0.15, -0.1) is 0 Å². The lowest BCUT2D eigenvalue weighted by atomic mass is 9.89. The van der Waals surface area contributed by atoms with Crippen LogP contribution in [-0.4, -0.2) is 60.4 Å². The average molecular weight is 444 g/mol. The summed E-state index contributed by atoms with van der Waals surface area (Å²) >= 11 is 5.72. The number of carbonyl (C=O) groups is 2. The molecule has 1 atom stereocenters. The van der Waals surface area contributed by atoms with Crippen LogP contribution in [0.3, 0.4) is 0 Å². The molecule has 2 amide bonds. The van der Waals surface area contributed by atoms with E-state index in [0.717, 1.165) is 38.4 Å². The van der Waals surface area contributed by atoms with Gasteiger partial charge in [-0.3, -0.25) is 14.5 Å². The molecule has 1 N–H and O–H groups in total. The Morgan fingerprint density at radius 3 is 2.48 bits per heavy atom. The first kappa shape index (κ1) is 21.8. The number of hydrogen-bond acceptors (Lipinski definition) is 3. The minimum Gasteiger partial charge on any atom is -0.343 e. The smallest absolute Gasteiger partial charge is 0.254 e. The standard InChI is InChI=1S/C24H27ClFN3O2/c25-19-6-7-21(22(26)14-19)24(31)27-15-23(30)29-13-10-20(16-29)28-11-8-18(9-12-28)17-4-2-1-3-5-17/h1-7,14,18,20H,8-13,15-16H2,(H,27,31). The van der Waals surface area contributed by atoms with Crippen molar-refractivity contribution in [2.45, 2.75) is 31.2 Å². The molecule has 164 valence electrons. The summed E-state index contributed by atoms with van der Waals surface area (Å²) in [6, 6.07) is 14.9. The minimum atomic E-state index is -0.697. The van der Waals surface area contributed by atoms with Crippen molar-refractivity contribution in [1.82, 2.24) is 15.1 Å². The summed E-state index contributed by atoms with van der Waals surface area (Å²) in [5.74, 6) is -0.830. The van der Waals surface area contributed by atoms with Crippen LogP contribution in [0.15, 0.2) is 48.5 Å². The van der Waals surface area contributed by atoms with E-state index in [2.05, 4.69) is 40.5 Å². The van der Waals surface area contributed by atoms with E-state index >= 15 is 0 Å². The van der Waals surface area contributed by atoms with Gasteiger partial charge in [-0.1, -0.05) is 41.9 Å². The van der Waals surface area contributed by atoms with Crippen molar-refractivity contribution in [3.8, 4) is 0 Å². The zero-order chi connectivity index (χ0) is 21.8. The normalized spacial score (nSPS) is 20.1. The number of halogens is 2. The van der Waals surface area contributed by atoms with Gasteiger partial charge in [-0.25, -0.2) is 4.39 Å². The molecule has 1 unspecified atom stereocenters. The van der Waals surface area contributed by atoms with Gasteiger partial charge in [0.15, 0.2) is 0 Å². The van der Waals surface area contributed by atoms with E-state index in [0.29, 0.717) is 25.0 Å². The first-order valence-corrected chi connectivity index (χ1v) is 11.2. The average Bonchev–Trinajstić information content (AvgIpc) is 3.28. The highest BCUT2D eigenvalue weighted by Crippen LogP contribution is 2.30. The highest BCUT2D eigenvalue weighted by atomic mass is 35.5. The highest BCUT2D eigenvalue weighted by molar-refractivity contribution is 6.30. The second kappa shape index (κ2) is 9.79. The summed E-state index contributed by atoms with van der Waals surface area (Å²) in [5.41, 5.74) is 1.30. The van der Waals surface area contributed by atoms with Crippen molar-refractivity contribution in [2.24, 2.45) is 0 Å². The van der Waals surface area contributed by atoms with E-state index < -0.39 is 11.7 Å². The topological polar surface area (TPSA) is 52.7 Å². The lowest BCUT2D eigenvalue weighted by molar-refractivity contribution is -0.129. The monoisotopic (exact) mass is 443 g/mol. The predicted octanol–water partition coefficient (Wildman–Crippen LogP) is 3.69. The molecule has 2 heterocycles. The van der Waals surface area contributed by atoms with Crippen molar-refractivity contribution in [1.29, 1.82) is 0 Å². The Morgan fingerprint density at radius 1 is 1.03 bits per heavy atom. The van der Waals surface area contributed by atoms with Gasteiger partial charge in [0.2, 0.25) is 5.91 Å². The van der Waals surface area contributed by atoms with Crippen molar-refractivity contribution in [3.05, 3.63) is 70.5 Å². The summed E-state index contributed by atoms with van der Waals surface area (Å²) in [6.45, 7) is 3.31. The molecule has 2 aliphatic heterocycles. The Hall–Kier alpha value is -2.44. The molecule has 2 aliphatic rings. The number of rotatable bonds is 5. The zero-order valence-corrected chi connectivity index (χ0v) is 18.2. The molecule has 2 saturated heterocycles. The largest absolute Gasteiger partial charge is 0.343 e. The third-order valence-corrected chi connectivity index (χ3v) is 6.64. The lowest BCUT2D eigenvalue weighted by Gasteiger charge is -2.36. The Morgan fingerprint density at radius 2 is 1.77 bits per heavy atom. The van der Waals surface area contributed by atoms with E-state index in [1.807, 2.05) is 0 Å². The van der Waals surface area contributed by atoms with Gasteiger partial charge < -0.3 is 10.2 Å². The van der Waals surface area contributed by atoms with Gasteiger partial charge in [0.1, 0.15) is 5.82 Å². The second-order valence-corrected chi connectivity index (χ2v) is 8.75. The molecule has 0 radical (unpaired) electrons. The number of likely N-dealkylation sites (tertiary alicyclic amines) is 2. The van der Waals surface area contributed by atoms with E-state index in [1.54, 1.807) is 4.90 Å². The van der Waals surface area contributed by atoms with Crippen LogP contribution in [0.4, 0.5) is 4.39 Å². The minimum absolute atomic E-state index is 0.113. The second-order valence-electron chi connectivity index (χ2n) is 8.31. The Balaban J connectivity index is 1.23. The summed E-state index contributed by atoms with van der Waals surface area (Å²) in [6.07, 6.45) is 3.22. The van der Waals surface area contributed by atoms with Crippen LogP contribution in [0.2, 0.25) is 5.02 Å². The van der Waals surface area contributed by atoms with Gasteiger partial charge in [0.05, 0.1) is 12.1 Å². The number of carbonyl (C=O) groups excluding carboxylic acids is 2. The molecule has 31 heavy (non-hydrogen) atoms. The Kier molecular flexibility index (Phi) is 6.88. The summed E-state index contributed by atoms with van der Waals surface area (Å²) in [4.78, 5) is 29.0. The van der Waals surface area contributed by atoms with Crippen LogP contribution in [0, 0.1) is 5.82 Å². The maximum absolute atomic E-state index is 13.9. The number of hydrogen-bond donors (Lipinski definition) is 1. The van der Waals surface area contributed by atoms with Crippen molar-refractivity contribution in [2.75, 3.05) is 32.7 Å². The van der Waals surface area contributed by atoms with Crippen LogP contribution in [0.25, 0.3) is 0 Å². The van der Waals surface area contributed by atoms with E-state index in [9.17, 15) is 14.0 Å². The molecule has 0 spiro atoms. The number of amides is 2. The van der Waals surface area contributed by atoms with Gasteiger partial charge in [0, 0.05) is 24.2 Å². The van der Waals surface area contributed by atoms with Gasteiger partial charge >= 0.3 is 0 Å². The SMILES string of the molecule is O=C(NCC(=O)N1CCC(N2CCC(c3ccccc3)CC2)C1)c1ccc(Cl)cc1F. The van der Waals surface area contributed by atoms with Crippen LogP contribution in [0.5, 0.6) is 0 Å². The number of nitrogens with zero attached hydrogens (tertiary/aromatic N) is 2. The van der Waals surface area contributed by atoms with Crippen LogP contribution in [0.1, 0.15) is 41.1 Å². The van der Waals surface area contributed by atoms with Crippen LogP contribution in [-0.2, 0) is 4.79 Å². The maximum atomic E-state index is 13.9. The Labute approximate surface area is 187 Å². The third kappa shape index (κ3) is 5.25. The Bertz CT molecular complexity index is 932. The summed E-state index contributed by atoms with van der Waals surface area (Å²) in [5, 5.41) is 2.75. The first-order chi connectivity index (χ1) is 15.0. The van der Waals surface area contributed by atoms with Crippen LogP contribution >= 0.6 is 11.6 Å². The molecular weight excluding hydrogens is 417 g/mol. The molecule has 5 nitrogen and oxygen atoms in total. The van der Waals surface area contributed by atoms with Crippen molar-refractivity contribution >= 4 is 23.4 Å².